The highest BCUT2D eigenvalue weighted by atomic mass is 32.2. The second kappa shape index (κ2) is 7.73. The van der Waals surface area contributed by atoms with Crippen molar-refractivity contribution in [2.24, 2.45) is 5.14 Å². The van der Waals surface area contributed by atoms with Crippen molar-refractivity contribution in [3.8, 4) is 5.75 Å². The zero-order valence-electron chi connectivity index (χ0n) is 16.4. The molecule has 0 saturated carbocycles. The quantitative estimate of drug-likeness (QED) is 0.654. The molecule has 9 heteroatoms. The van der Waals surface area contributed by atoms with E-state index in [1.54, 1.807) is 24.3 Å². The summed E-state index contributed by atoms with van der Waals surface area (Å²) in [6.07, 6.45) is 0.0733. The molecule has 0 fully saturated rings. The lowest BCUT2D eigenvalue weighted by atomic mass is 9.86. The third kappa shape index (κ3) is 5.46. The largest absolute Gasteiger partial charge is 0.508 e. The third-order valence-electron chi connectivity index (χ3n) is 4.28. The predicted octanol–water partition coefficient (Wildman–Crippen LogP) is 2.63. The molecule has 2 rings (SSSR count). The van der Waals surface area contributed by atoms with Crippen LogP contribution in [0.2, 0.25) is 0 Å². The summed E-state index contributed by atoms with van der Waals surface area (Å²) in [6.45, 7) is 7.35. The highest BCUT2D eigenvalue weighted by Gasteiger charge is 2.27. The lowest BCUT2D eigenvalue weighted by molar-refractivity contribution is 0.468. The molecule has 0 saturated heterocycles. The minimum atomic E-state index is -4.13. The van der Waals surface area contributed by atoms with Crippen molar-refractivity contribution < 1.29 is 21.9 Å². The number of primary sulfonamides is 1. The Balaban J connectivity index is 2.40. The normalized spacial score (nSPS) is 12.8. The maximum atomic E-state index is 12.7. The molecule has 0 aliphatic heterocycles. The number of nitrogens with two attached hydrogens (primary N) is 1. The number of benzene rings is 2. The lowest BCUT2D eigenvalue weighted by Crippen LogP contribution is -2.25. The van der Waals surface area contributed by atoms with Gasteiger partial charge in [0.05, 0.1) is 11.4 Å². The van der Waals surface area contributed by atoms with Gasteiger partial charge in [0.15, 0.2) is 0 Å². The van der Waals surface area contributed by atoms with E-state index in [1.807, 2.05) is 27.7 Å². The van der Waals surface area contributed by atoms with Crippen LogP contribution in [0.25, 0.3) is 0 Å². The first-order valence-electron chi connectivity index (χ1n) is 8.66. The van der Waals surface area contributed by atoms with Gasteiger partial charge in [-0.25, -0.2) is 22.0 Å². The molecular formula is C19H26N2O5S2. The highest BCUT2D eigenvalue weighted by molar-refractivity contribution is 7.93. The molecule has 0 atom stereocenters. The SMILES string of the molecule is Cc1ccc(CCS(=O)(=O)Nc2c(C(C)(C)C)cccc2S(N)(=O)=O)c(O)c1. The van der Waals surface area contributed by atoms with Crippen LogP contribution < -0.4 is 9.86 Å². The number of para-hydroxylation sites is 1. The summed E-state index contributed by atoms with van der Waals surface area (Å²) in [6, 6.07) is 9.47. The lowest BCUT2D eigenvalue weighted by Gasteiger charge is -2.25. The summed E-state index contributed by atoms with van der Waals surface area (Å²) < 4.78 is 51.7. The highest BCUT2D eigenvalue weighted by Crippen LogP contribution is 2.34. The van der Waals surface area contributed by atoms with E-state index in [2.05, 4.69) is 4.72 Å². The van der Waals surface area contributed by atoms with Crippen molar-refractivity contribution in [2.75, 3.05) is 10.5 Å². The first-order chi connectivity index (χ1) is 12.7. The number of aromatic hydroxyl groups is 1. The van der Waals surface area contributed by atoms with E-state index in [1.165, 1.54) is 12.1 Å². The van der Waals surface area contributed by atoms with Gasteiger partial charge in [-0.1, -0.05) is 45.0 Å². The second-order valence-corrected chi connectivity index (χ2v) is 11.1. The molecule has 0 radical (unpaired) electrons. The monoisotopic (exact) mass is 426 g/mol. The van der Waals surface area contributed by atoms with Crippen LogP contribution in [-0.4, -0.2) is 27.7 Å². The second-order valence-electron chi connectivity index (χ2n) is 7.78. The molecule has 7 nitrogen and oxygen atoms in total. The molecule has 154 valence electrons. The van der Waals surface area contributed by atoms with E-state index in [9.17, 15) is 21.9 Å². The molecule has 28 heavy (non-hydrogen) atoms. The van der Waals surface area contributed by atoms with Crippen molar-refractivity contribution >= 4 is 25.7 Å². The fraction of sp³-hybridized carbons (Fsp3) is 0.368. The average molecular weight is 427 g/mol. The standard InChI is InChI=1S/C19H26N2O5S2/c1-13-8-9-14(16(22)12-13)10-11-27(23,24)21-18-15(19(2,3)4)6-5-7-17(18)28(20,25)26/h5-9,12,21-22H,10-11H2,1-4H3,(H2,20,25,26). The molecule has 2 aromatic rings. The van der Waals surface area contributed by atoms with Gasteiger partial charge >= 0.3 is 0 Å². The third-order valence-corrected chi connectivity index (χ3v) is 6.49. The van der Waals surface area contributed by atoms with E-state index in [0.717, 1.165) is 5.56 Å². The number of sulfonamides is 2. The Hall–Kier alpha value is -2.10. The van der Waals surface area contributed by atoms with Crippen molar-refractivity contribution in [3.63, 3.8) is 0 Å². The van der Waals surface area contributed by atoms with Gasteiger partial charge in [-0.15, -0.1) is 0 Å². The van der Waals surface area contributed by atoms with Crippen LogP contribution in [0.5, 0.6) is 5.75 Å². The van der Waals surface area contributed by atoms with Gasteiger partial charge in [0.25, 0.3) is 0 Å². The van der Waals surface area contributed by atoms with Crippen molar-refractivity contribution in [1.29, 1.82) is 0 Å². The van der Waals surface area contributed by atoms with Crippen molar-refractivity contribution in [2.45, 2.75) is 44.4 Å². The van der Waals surface area contributed by atoms with Crippen LogP contribution in [0.3, 0.4) is 0 Å². The van der Waals surface area contributed by atoms with Crippen LogP contribution in [-0.2, 0) is 31.9 Å². The van der Waals surface area contributed by atoms with E-state index >= 15 is 0 Å². The van der Waals surface area contributed by atoms with E-state index < -0.39 is 25.5 Å². The van der Waals surface area contributed by atoms with Crippen molar-refractivity contribution in [3.05, 3.63) is 53.1 Å². The van der Waals surface area contributed by atoms with E-state index in [-0.39, 0.29) is 28.5 Å². The summed E-state index contributed by atoms with van der Waals surface area (Å²) >= 11 is 0. The van der Waals surface area contributed by atoms with Crippen LogP contribution >= 0.6 is 0 Å². The number of anilines is 1. The minimum Gasteiger partial charge on any atom is -0.508 e. The molecule has 0 aliphatic rings. The Labute approximate surface area is 166 Å². The number of phenols is 1. The fourth-order valence-corrected chi connectivity index (χ4v) is 4.73. The van der Waals surface area contributed by atoms with Gasteiger partial charge in [-0.05, 0) is 47.6 Å². The number of hydrogen-bond acceptors (Lipinski definition) is 5. The van der Waals surface area contributed by atoms with E-state index in [4.69, 9.17) is 5.14 Å². The number of nitrogens with one attached hydrogen (secondary N) is 1. The zero-order chi connectivity index (χ0) is 21.3. The Morgan fingerprint density at radius 1 is 1.07 bits per heavy atom. The van der Waals surface area contributed by atoms with Crippen LogP contribution in [0.15, 0.2) is 41.3 Å². The van der Waals surface area contributed by atoms with Gasteiger partial charge in [0.1, 0.15) is 10.6 Å². The van der Waals surface area contributed by atoms with Gasteiger partial charge < -0.3 is 5.11 Å². The summed E-state index contributed by atoms with van der Waals surface area (Å²) in [5.41, 5.74) is 1.31. The Kier molecular flexibility index (Phi) is 6.13. The van der Waals surface area contributed by atoms with Crippen LogP contribution in [0.1, 0.15) is 37.5 Å². The van der Waals surface area contributed by atoms with Gasteiger partial charge in [-0.2, -0.15) is 0 Å². The van der Waals surface area contributed by atoms with Crippen LogP contribution in [0.4, 0.5) is 5.69 Å². The maximum absolute atomic E-state index is 12.7. The van der Waals surface area contributed by atoms with Gasteiger partial charge in [0, 0.05) is 0 Å². The number of rotatable bonds is 6. The molecule has 0 aliphatic carbocycles. The zero-order valence-corrected chi connectivity index (χ0v) is 18.0. The number of phenolic OH excluding ortho intramolecular Hbond substituents is 1. The summed E-state index contributed by atoms with van der Waals surface area (Å²) in [5.74, 6) is -0.304. The molecule has 0 heterocycles. The summed E-state index contributed by atoms with van der Waals surface area (Å²) in [5, 5.41) is 15.3. The molecule has 0 spiro atoms. The summed E-state index contributed by atoms with van der Waals surface area (Å²) in [4.78, 5) is -0.276. The Bertz CT molecular complexity index is 1090. The Morgan fingerprint density at radius 3 is 2.25 bits per heavy atom. The molecular weight excluding hydrogens is 400 g/mol. The molecule has 0 aromatic heterocycles. The summed E-state index contributed by atoms with van der Waals surface area (Å²) in [7, 11) is -8.04. The first-order valence-corrected chi connectivity index (χ1v) is 11.9. The van der Waals surface area contributed by atoms with Crippen molar-refractivity contribution in [1.82, 2.24) is 0 Å². The molecule has 4 N–H and O–H groups in total. The average Bonchev–Trinajstić information content (AvgIpc) is 2.51. The van der Waals surface area contributed by atoms with Gasteiger partial charge in [-0.3, -0.25) is 4.72 Å². The fourth-order valence-electron chi connectivity index (χ4n) is 2.83. The maximum Gasteiger partial charge on any atom is 0.240 e. The minimum absolute atomic E-state index is 0.0236. The topological polar surface area (TPSA) is 127 Å². The smallest absolute Gasteiger partial charge is 0.240 e. The first kappa shape index (κ1) is 22.2. The van der Waals surface area contributed by atoms with E-state index in [0.29, 0.717) is 11.1 Å². The molecule has 0 unspecified atom stereocenters. The number of aryl methyl sites for hydroxylation is 2. The molecule has 2 aromatic carbocycles. The Morgan fingerprint density at radius 2 is 1.71 bits per heavy atom. The molecule has 0 amide bonds. The number of hydrogen-bond donors (Lipinski definition) is 3. The van der Waals surface area contributed by atoms with Crippen LogP contribution in [0, 0.1) is 6.92 Å². The predicted molar refractivity (Wildman–Crippen MR) is 110 cm³/mol. The van der Waals surface area contributed by atoms with Gasteiger partial charge in [0.2, 0.25) is 20.0 Å². The molecule has 0 bridgehead atoms.